The Hall–Kier alpha value is -2.62. The third-order valence-corrected chi connectivity index (χ3v) is 3.64. The van der Waals surface area contributed by atoms with Crippen LogP contribution in [0.1, 0.15) is 49.0 Å². The minimum absolute atomic E-state index is 0.312. The summed E-state index contributed by atoms with van der Waals surface area (Å²) < 4.78 is 10.7. The lowest BCUT2D eigenvalue weighted by molar-refractivity contribution is 0.0526. The van der Waals surface area contributed by atoms with Gasteiger partial charge in [-0.2, -0.15) is 0 Å². The van der Waals surface area contributed by atoms with Crippen LogP contribution in [0.15, 0.2) is 53.5 Å². The summed E-state index contributed by atoms with van der Waals surface area (Å²) in [5.41, 5.74) is 2.31. The van der Waals surface area contributed by atoms with E-state index in [4.69, 9.17) is 9.47 Å². The Morgan fingerprint density at radius 2 is 1.72 bits per heavy atom. The van der Waals surface area contributed by atoms with E-state index in [2.05, 4.69) is 11.9 Å². The minimum atomic E-state index is -0.312. The molecule has 132 valence electrons. The molecule has 0 heterocycles. The number of ether oxygens (including phenoxy) is 2. The van der Waals surface area contributed by atoms with E-state index in [-0.39, 0.29) is 5.97 Å². The van der Waals surface area contributed by atoms with Crippen LogP contribution in [0, 0.1) is 0 Å². The Bertz CT molecular complexity index is 675. The fourth-order valence-electron chi connectivity index (χ4n) is 2.24. The van der Waals surface area contributed by atoms with Crippen molar-refractivity contribution in [3.63, 3.8) is 0 Å². The molecule has 4 heteroatoms. The van der Waals surface area contributed by atoms with Crippen molar-refractivity contribution in [2.45, 2.75) is 33.1 Å². The molecule has 2 rings (SSSR count). The summed E-state index contributed by atoms with van der Waals surface area (Å²) in [7, 11) is 0. The van der Waals surface area contributed by atoms with Crippen molar-refractivity contribution in [2.75, 3.05) is 13.2 Å². The number of rotatable bonds is 9. The first kappa shape index (κ1) is 18.7. The van der Waals surface area contributed by atoms with Gasteiger partial charge in [0.25, 0.3) is 0 Å². The maximum absolute atomic E-state index is 11.6. The fourth-order valence-corrected chi connectivity index (χ4v) is 2.24. The molecule has 0 bridgehead atoms. The van der Waals surface area contributed by atoms with Crippen LogP contribution in [0.3, 0.4) is 0 Å². The summed E-state index contributed by atoms with van der Waals surface area (Å²) >= 11 is 0. The maximum atomic E-state index is 11.6. The van der Waals surface area contributed by atoms with Gasteiger partial charge in [0.1, 0.15) is 5.75 Å². The Morgan fingerprint density at radius 1 is 1.00 bits per heavy atom. The minimum Gasteiger partial charge on any atom is -0.494 e. The summed E-state index contributed by atoms with van der Waals surface area (Å²) in [5, 5.41) is 0. The summed E-state index contributed by atoms with van der Waals surface area (Å²) in [6, 6.07) is 14.9. The van der Waals surface area contributed by atoms with Gasteiger partial charge in [-0.05, 0) is 67.4 Å². The smallest absolute Gasteiger partial charge is 0.338 e. The lowest BCUT2D eigenvalue weighted by Crippen LogP contribution is -2.03. The van der Waals surface area contributed by atoms with Gasteiger partial charge in [0, 0.05) is 6.21 Å². The van der Waals surface area contributed by atoms with Crippen LogP contribution in [-0.4, -0.2) is 25.4 Å². The molecule has 0 aliphatic rings. The van der Waals surface area contributed by atoms with Crippen molar-refractivity contribution in [3.8, 4) is 5.75 Å². The van der Waals surface area contributed by atoms with Crippen molar-refractivity contribution >= 4 is 17.9 Å². The number of aliphatic imine (C=N–C) groups is 1. The molecule has 0 N–H and O–H groups in total. The van der Waals surface area contributed by atoms with Gasteiger partial charge in [-0.15, -0.1) is 0 Å². The lowest BCUT2D eigenvalue weighted by atomic mass is 10.2. The van der Waals surface area contributed by atoms with Crippen LogP contribution < -0.4 is 4.74 Å². The molecule has 0 amide bonds. The first-order valence-electron chi connectivity index (χ1n) is 8.77. The van der Waals surface area contributed by atoms with Crippen molar-refractivity contribution in [2.24, 2.45) is 4.99 Å². The van der Waals surface area contributed by atoms with E-state index in [1.807, 2.05) is 24.3 Å². The summed E-state index contributed by atoms with van der Waals surface area (Å²) in [4.78, 5) is 16.0. The monoisotopic (exact) mass is 339 g/mol. The number of nitrogens with zero attached hydrogens (tertiary/aromatic N) is 1. The Kier molecular flexibility index (Phi) is 7.70. The molecular weight excluding hydrogens is 314 g/mol. The molecule has 0 saturated carbocycles. The van der Waals surface area contributed by atoms with Gasteiger partial charge < -0.3 is 9.47 Å². The van der Waals surface area contributed by atoms with Gasteiger partial charge in [0.15, 0.2) is 0 Å². The van der Waals surface area contributed by atoms with Crippen LogP contribution in [0.2, 0.25) is 0 Å². The lowest BCUT2D eigenvalue weighted by Gasteiger charge is -2.05. The van der Waals surface area contributed by atoms with E-state index in [0.717, 1.165) is 30.0 Å². The van der Waals surface area contributed by atoms with Gasteiger partial charge in [-0.1, -0.05) is 19.8 Å². The van der Waals surface area contributed by atoms with E-state index >= 15 is 0 Å². The van der Waals surface area contributed by atoms with Crippen LogP contribution in [0.4, 0.5) is 5.69 Å². The molecule has 0 saturated heterocycles. The second kappa shape index (κ2) is 10.3. The Labute approximate surface area is 149 Å². The molecule has 0 atom stereocenters. The van der Waals surface area contributed by atoms with E-state index in [1.54, 1.807) is 37.4 Å². The molecular formula is C21H25NO3. The second-order valence-corrected chi connectivity index (χ2v) is 5.65. The molecule has 0 aromatic heterocycles. The van der Waals surface area contributed by atoms with Crippen LogP contribution in [-0.2, 0) is 4.74 Å². The van der Waals surface area contributed by atoms with E-state index in [0.29, 0.717) is 12.2 Å². The second-order valence-electron chi connectivity index (χ2n) is 5.65. The molecule has 4 nitrogen and oxygen atoms in total. The average Bonchev–Trinajstić information content (AvgIpc) is 2.65. The number of hydrogen-bond acceptors (Lipinski definition) is 4. The van der Waals surface area contributed by atoms with E-state index < -0.39 is 0 Å². The molecule has 0 spiro atoms. The quantitative estimate of drug-likeness (QED) is 0.359. The van der Waals surface area contributed by atoms with Crippen LogP contribution in [0.5, 0.6) is 5.75 Å². The summed E-state index contributed by atoms with van der Waals surface area (Å²) in [6.07, 6.45) is 5.26. The predicted octanol–water partition coefficient (Wildman–Crippen LogP) is 5.18. The van der Waals surface area contributed by atoms with Gasteiger partial charge in [0.05, 0.1) is 24.5 Å². The number of carbonyl (C=O) groups excluding carboxylic acids is 1. The van der Waals surface area contributed by atoms with Gasteiger partial charge >= 0.3 is 5.97 Å². The highest BCUT2D eigenvalue weighted by atomic mass is 16.5. The zero-order valence-corrected chi connectivity index (χ0v) is 14.9. The standard InChI is InChI=1S/C21H25NO3/c1-3-5-6-15-25-20-13-7-17(8-14-20)16-22-19-11-9-18(10-12-19)21(23)24-4-2/h7-14,16H,3-6,15H2,1-2H3/b22-16+. The first-order valence-corrected chi connectivity index (χ1v) is 8.77. The van der Waals surface area contributed by atoms with Crippen molar-refractivity contribution in [1.29, 1.82) is 0 Å². The highest BCUT2D eigenvalue weighted by molar-refractivity contribution is 5.90. The zero-order chi connectivity index (χ0) is 17.9. The largest absolute Gasteiger partial charge is 0.494 e. The molecule has 0 fully saturated rings. The number of esters is 1. The number of carbonyl (C=O) groups is 1. The molecule has 0 aliphatic carbocycles. The highest BCUT2D eigenvalue weighted by Gasteiger charge is 2.04. The molecule has 2 aromatic carbocycles. The van der Waals surface area contributed by atoms with Crippen molar-refractivity contribution < 1.29 is 14.3 Å². The molecule has 0 unspecified atom stereocenters. The fraction of sp³-hybridized carbons (Fsp3) is 0.333. The third kappa shape index (κ3) is 6.42. The van der Waals surface area contributed by atoms with Gasteiger partial charge in [-0.25, -0.2) is 4.79 Å². The number of unbranched alkanes of at least 4 members (excludes halogenated alkanes) is 2. The van der Waals surface area contributed by atoms with Crippen LogP contribution in [0.25, 0.3) is 0 Å². The maximum Gasteiger partial charge on any atom is 0.338 e. The average molecular weight is 339 g/mol. The summed E-state index contributed by atoms with van der Waals surface area (Å²) in [5.74, 6) is 0.569. The normalized spacial score (nSPS) is 10.8. The predicted molar refractivity (Wildman–Crippen MR) is 101 cm³/mol. The zero-order valence-electron chi connectivity index (χ0n) is 14.9. The topological polar surface area (TPSA) is 47.9 Å². The van der Waals surface area contributed by atoms with Crippen molar-refractivity contribution in [1.82, 2.24) is 0 Å². The highest BCUT2D eigenvalue weighted by Crippen LogP contribution is 2.15. The Morgan fingerprint density at radius 3 is 2.36 bits per heavy atom. The number of benzene rings is 2. The Balaban J connectivity index is 1.89. The molecule has 0 aliphatic heterocycles. The van der Waals surface area contributed by atoms with Crippen molar-refractivity contribution in [3.05, 3.63) is 59.7 Å². The van der Waals surface area contributed by atoms with E-state index in [1.165, 1.54) is 12.8 Å². The molecule has 2 aromatic rings. The van der Waals surface area contributed by atoms with Gasteiger partial charge in [0.2, 0.25) is 0 Å². The SMILES string of the molecule is CCCCCOc1ccc(/C=N/c2ccc(C(=O)OCC)cc2)cc1. The third-order valence-electron chi connectivity index (χ3n) is 3.64. The van der Waals surface area contributed by atoms with Crippen LogP contribution >= 0.6 is 0 Å². The van der Waals surface area contributed by atoms with E-state index in [9.17, 15) is 4.79 Å². The summed E-state index contributed by atoms with van der Waals surface area (Å²) in [6.45, 7) is 5.10. The first-order chi connectivity index (χ1) is 12.2. The van der Waals surface area contributed by atoms with Gasteiger partial charge in [-0.3, -0.25) is 4.99 Å². The number of hydrogen-bond donors (Lipinski definition) is 0. The molecule has 25 heavy (non-hydrogen) atoms. The molecule has 0 radical (unpaired) electrons.